The van der Waals surface area contributed by atoms with Gasteiger partial charge in [-0.05, 0) is 45.0 Å². The molecule has 0 amide bonds. The minimum Gasteiger partial charge on any atom is -0.295 e. The SMILES string of the molecule is CCS(=O)(=O)N(Cc1nc(C)cs1)c1ccc(C(C)=O)cc1. The Kier molecular flexibility index (Phi) is 4.97. The van der Waals surface area contributed by atoms with E-state index in [1.807, 2.05) is 12.3 Å². The number of anilines is 1. The lowest BCUT2D eigenvalue weighted by atomic mass is 10.1. The number of carbonyl (C=O) groups excluding carboxylic acids is 1. The topological polar surface area (TPSA) is 67.3 Å². The minimum absolute atomic E-state index is 0.00577. The molecule has 0 unspecified atom stereocenters. The molecule has 0 aliphatic heterocycles. The molecule has 1 heterocycles. The number of ketones is 1. The number of thiazole rings is 1. The average molecular weight is 338 g/mol. The zero-order valence-electron chi connectivity index (χ0n) is 12.7. The maximum atomic E-state index is 12.4. The van der Waals surface area contributed by atoms with E-state index in [2.05, 4.69) is 4.98 Å². The van der Waals surface area contributed by atoms with Gasteiger partial charge < -0.3 is 0 Å². The normalized spacial score (nSPS) is 11.4. The predicted molar refractivity (Wildman–Crippen MR) is 88.9 cm³/mol. The van der Waals surface area contributed by atoms with Crippen molar-refractivity contribution in [1.82, 2.24) is 4.98 Å². The number of carbonyl (C=O) groups is 1. The van der Waals surface area contributed by atoms with Crippen LogP contribution in [0.25, 0.3) is 0 Å². The first-order chi connectivity index (χ1) is 10.3. The second kappa shape index (κ2) is 6.58. The van der Waals surface area contributed by atoms with Gasteiger partial charge in [0.2, 0.25) is 10.0 Å². The van der Waals surface area contributed by atoms with E-state index >= 15 is 0 Å². The Morgan fingerprint density at radius 3 is 2.36 bits per heavy atom. The smallest absolute Gasteiger partial charge is 0.235 e. The molecular formula is C15H18N2O3S2. The molecule has 5 nitrogen and oxygen atoms in total. The van der Waals surface area contributed by atoms with Crippen molar-refractivity contribution >= 4 is 32.8 Å². The van der Waals surface area contributed by atoms with E-state index in [4.69, 9.17) is 0 Å². The van der Waals surface area contributed by atoms with Gasteiger partial charge in [0.05, 0.1) is 18.0 Å². The Hall–Kier alpha value is -1.73. The number of rotatable bonds is 6. The van der Waals surface area contributed by atoms with Crippen molar-refractivity contribution in [2.24, 2.45) is 0 Å². The van der Waals surface area contributed by atoms with E-state index in [9.17, 15) is 13.2 Å². The molecule has 0 saturated carbocycles. The summed E-state index contributed by atoms with van der Waals surface area (Å²) in [6.07, 6.45) is 0. The molecule has 0 radical (unpaired) electrons. The molecule has 0 aliphatic rings. The third-order valence-corrected chi connectivity index (χ3v) is 5.90. The van der Waals surface area contributed by atoms with Crippen molar-refractivity contribution < 1.29 is 13.2 Å². The highest BCUT2D eigenvalue weighted by Crippen LogP contribution is 2.23. The first kappa shape index (κ1) is 16.6. The van der Waals surface area contributed by atoms with Crippen molar-refractivity contribution in [2.45, 2.75) is 27.3 Å². The van der Waals surface area contributed by atoms with Gasteiger partial charge in [-0.3, -0.25) is 9.10 Å². The third-order valence-electron chi connectivity index (χ3n) is 3.21. The summed E-state index contributed by atoms with van der Waals surface area (Å²) in [7, 11) is -3.42. The van der Waals surface area contributed by atoms with Gasteiger partial charge >= 0.3 is 0 Å². The zero-order chi connectivity index (χ0) is 16.3. The van der Waals surface area contributed by atoms with Gasteiger partial charge in [-0.25, -0.2) is 13.4 Å². The maximum Gasteiger partial charge on any atom is 0.235 e. The lowest BCUT2D eigenvalue weighted by Gasteiger charge is -2.23. The van der Waals surface area contributed by atoms with Crippen LogP contribution in [-0.4, -0.2) is 24.9 Å². The molecule has 0 atom stereocenters. The van der Waals surface area contributed by atoms with Crippen molar-refractivity contribution in [2.75, 3.05) is 10.1 Å². The van der Waals surface area contributed by atoms with Crippen LogP contribution in [0.3, 0.4) is 0 Å². The van der Waals surface area contributed by atoms with Crippen molar-refractivity contribution in [3.63, 3.8) is 0 Å². The summed E-state index contributed by atoms with van der Waals surface area (Å²) < 4.78 is 26.1. The zero-order valence-corrected chi connectivity index (χ0v) is 14.4. The summed E-state index contributed by atoms with van der Waals surface area (Å²) in [4.78, 5) is 15.7. The van der Waals surface area contributed by atoms with E-state index in [1.165, 1.54) is 22.6 Å². The molecule has 0 aliphatic carbocycles. The third kappa shape index (κ3) is 3.72. The molecule has 0 spiro atoms. The number of hydrogen-bond acceptors (Lipinski definition) is 5. The first-order valence-corrected chi connectivity index (χ1v) is 9.35. The second-order valence-corrected chi connectivity index (χ2v) is 8.02. The minimum atomic E-state index is -3.42. The van der Waals surface area contributed by atoms with Crippen LogP contribution in [0.15, 0.2) is 29.6 Å². The lowest BCUT2D eigenvalue weighted by Crippen LogP contribution is -2.31. The Labute approximate surface area is 134 Å². The summed E-state index contributed by atoms with van der Waals surface area (Å²) in [6.45, 7) is 5.17. The van der Waals surface area contributed by atoms with E-state index in [0.717, 1.165) is 10.7 Å². The van der Waals surface area contributed by atoms with Gasteiger partial charge in [0.25, 0.3) is 0 Å². The van der Waals surface area contributed by atoms with Gasteiger partial charge in [0, 0.05) is 16.6 Å². The number of benzene rings is 1. The Bertz CT molecular complexity index is 764. The number of aryl methyl sites for hydroxylation is 1. The monoisotopic (exact) mass is 338 g/mol. The summed E-state index contributed by atoms with van der Waals surface area (Å²) in [6, 6.07) is 6.60. The molecule has 0 bridgehead atoms. The fourth-order valence-electron chi connectivity index (χ4n) is 1.97. The fraction of sp³-hybridized carbons (Fsp3) is 0.333. The lowest BCUT2D eigenvalue weighted by molar-refractivity contribution is 0.101. The number of sulfonamides is 1. The van der Waals surface area contributed by atoms with Crippen LogP contribution in [0.5, 0.6) is 0 Å². The quantitative estimate of drug-likeness (QED) is 0.759. The molecule has 0 fully saturated rings. The van der Waals surface area contributed by atoms with E-state index in [-0.39, 0.29) is 18.1 Å². The fourth-order valence-corrected chi connectivity index (χ4v) is 3.88. The maximum absolute atomic E-state index is 12.4. The summed E-state index contributed by atoms with van der Waals surface area (Å²) >= 11 is 1.44. The average Bonchev–Trinajstić information content (AvgIpc) is 2.90. The molecule has 0 saturated heterocycles. The Morgan fingerprint density at radius 1 is 1.27 bits per heavy atom. The van der Waals surface area contributed by atoms with Crippen LogP contribution in [0.4, 0.5) is 5.69 Å². The molecule has 1 aromatic heterocycles. The second-order valence-electron chi connectivity index (χ2n) is 4.89. The van der Waals surface area contributed by atoms with Gasteiger partial charge in [-0.1, -0.05) is 0 Å². The molecule has 0 N–H and O–H groups in total. The summed E-state index contributed by atoms with van der Waals surface area (Å²) in [5, 5.41) is 2.63. The number of Topliss-reactive ketones (excluding diaryl/α,β-unsaturated/α-hetero) is 1. The van der Waals surface area contributed by atoms with E-state index in [0.29, 0.717) is 11.3 Å². The van der Waals surface area contributed by atoms with E-state index < -0.39 is 10.0 Å². The molecule has 22 heavy (non-hydrogen) atoms. The van der Waals surface area contributed by atoms with Gasteiger partial charge in [-0.2, -0.15) is 0 Å². The molecule has 2 aromatic rings. The molecular weight excluding hydrogens is 320 g/mol. The Balaban J connectivity index is 2.38. The summed E-state index contributed by atoms with van der Waals surface area (Å²) in [5.41, 5.74) is 1.98. The van der Waals surface area contributed by atoms with Crippen molar-refractivity contribution in [3.05, 3.63) is 45.9 Å². The van der Waals surface area contributed by atoms with Crippen LogP contribution in [0.1, 0.15) is 34.9 Å². The van der Waals surface area contributed by atoms with Crippen molar-refractivity contribution in [1.29, 1.82) is 0 Å². The summed E-state index contributed by atoms with van der Waals surface area (Å²) in [5.74, 6) is -0.0433. The highest BCUT2D eigenvalue weighted by atomic mass is 32.2. The predicted octanol–water partition coefficient (Wildman–Crippen LogP) is 3.01. The van der Waals surface area contributed by atoms with Crippen molar-refractivity contribution in [3.8, 4) is 0 Å². The van der Waals surface area contributed by atoms with Gasteiger partial charge in [0.1, 0.15) is 5.01 Å². The Morgan fingerprint density at radius 2 is 1.91 bits per heavy atom. The molecule has 118 valence electrons. The molecule has 2 rings (SSSR count). The number of hydrogen-bond donors (Lipinski definition) is 0. The van der Waals surface area contributed by atoms with Gasteiger partial charge in [0.15, 0.2) is 5.78 Å². The first-order valence-electron chi connectivity index (χ1n) is 6.86. The highest BCUT2D eigenvalue weighted by Gasteiger charge is 2.22. The van der Waals surface area contributed by atoms with Crippen LogP contribution in [0.2, 0.25) is 0 Å². The number of aromatic nitrogens is 1. The molecule has 1 aromatic carbocycles. The standard InChI is InChI=1S/C15H18N2O3S2/c1-4-22(19,20)17(9-15-16-11(2)10-21-15)14-7-5-13(6-8-14)12(3)18/h5-8,10H,4,9H2,1-3H3. The van der Waals surface area contributed by atoms with E-state index in [1.54, 1.807) is 31.2 Å². The van der Waals surface area contributed by atoms with Gasteiger partial charge in [-0.15, -0.1) is 11.3 Å². The molecule has 7 heteroatoms. The number of nitrogens with zero attached hydrogens (tertiary/aromatic N) is 2. The highest BCUT2D eigenvalue weighted by molar-refractivity contribution is 7.92. The van der Waals surface area contributed by atoms with Crippen LogP contribution in [0, 0.1) is 6.92 Å². The van der Waals surface area contributed by atoms with Crippen LogP contribution >= 0.6 is 11.3 Å². The van der Waals surface area contributed by atoms with Crippen LogP contribution in [-0.2, 0) is 16.6 Å². The largest absolute Gasteiger partial charge is 0.295 e. The van der Waals surface area contributed by atoms with Crippen LogP contribution < -0.4 is 4.31 Å².